The lowest BCUT2D eigenvalue weighted by atomic mass is 10.3. The third kappa shape index (κ3) is 2.52. The van der Waals surface area contributed by atoms with E-state index < -0.39 is 0 Å². The summed E-state index contributed by atoms with van der Waals surface area (Å²) in [7, 11) is 0. The molecule has 1 amide bonds. The molecule has 1 aromatic carbocycles. The first kappa shape index (κ1) is 11.8. The van der Waals surface area contributed by atoms with Gasteiger partial charge in [0.05, 0.1) is 16.3 Å². The molecule has 1 heterocycles. The van der Waals surface area contributed by atoms with Crippen molar-refractivity contribution in [2.45, 2.75) is 23.8 Å². The second-order valence-corrected chi connectivity index (χ2v) is 4.93. The molecule has 5 nitrogen and oxygen atoms in total. The van der Waals surface area contributed by atoms with Crippen LogP contribution in [-0.2, 0) is 4.79 Å². The highest BCUT2D eigenvalue weighted by atomic mass is 32.2. The Bertz CT molecular complexity index is 551. The topological polar surface area (TPSA) is 97.8 Å². The van der Waals surface area contributed by atoms with Crippen LogP contribution in [0.1, 0.15) is 13.3 Å². The van der Waals surface area contributed by atoms with E-state index in [4.69, 9.17) is 11.5 Å². The molecule has 1 unspecified atom stereocenters. The number of nitrogens with zero attached hydrogens (tertiary/aromatic N) is 1. The summed E-state index contributed by atoms with van der Waals surface area (Å²) in [6.45, 7) is 1.92. The van der Waals surface area contributed by atoms with Crippen molar-refractivity contribution in [1.29, 1.82) is 0 Å². The number of benzene rings is 1. The van der Waals surface area contributed by atoms with Crippen LogP contribution in [0.5, 0.6) is 0 Å². The van der Waals surface area contributed by atoms with Crippen LogP contribution >= 0.6 is 11.8 Å². The van der Waals surface area contributed by atoms with Gasteiger partial charge >= 0.3 is 0 Å². The van der Waals surface area contributed by atoms with Crippen LogP contribution in [0.3, 0.4) is 0 Å². The minimum Gasteiger partial charge on any atom is -0.399 e. The quantitative estimate of drug-likeness (QED) is 0.565. The van der Waals surface area contributed by atoms with Crippen molar-refractivity contribution in [3.8, 4) is 0 Å². The molecule has 0 spiro atoms. The number of fused-ring (bicyclic) bond motifs is 1. The van der Waals surface area contributed by atoms with E-state index in [1.807, 2.05) is 19.1 Å². The summed E-state index contributed by atoms with van der Waals surface area (Å²) in [5.41, 5.74) is 13.4. The maximum atomic E-state index is 11.1. The number of nitrogen functional groups attached to an aromatic ring is 1. The van der Waals surface area contributed by atoms with Crippen molar-refractivity contribution in [2.24, 2.45) is 5.73 Å². The molecule has 1 aromatic heterocycles. The first-order valence-electron chi connectivity index (χ1n) is 5.31. The van der Waals surface area contributed by atoms with E-state index in [0.29, 0.717) is 17.3 Å². The Morgan fingerprint density at radius 3 is 3.00 bits per heavy atom. The van der Waals surface area contributed by atoms with Gasteiger partial charge in [0.25, 0.3) is 0 Å². The number of nitrogens with one attached hydrogen (secondary N) is 1. The number of amides is 1. The predicted octanol–water partition coefficient (Wildman–Crippen LogP) is 1.50. The lowest BCUT2D eigenvalue weighted by Crippen LogP contribution is -2.24. The molecule has 0 aliphatic heterocycles. The van der Waals surface area contributed by atoms with E-state index in [0.717, 1.165) is 11.0 Å². The van der Waals surface area contributed by atoms with Crippen LogP contribution in [0, 0.1) is 0 Å². The summed E-state index contributed by atoms with van der Waals surface area (Å²) in [6, 6.07) is 5.46. The molecule has 0 saturated carbocycles. The lowest BCUT2D eigenvalue weighted by Gasteiger charge is -2.06. The molecule has 0 radical (unpaired) electrons. The van der Waals surface area contributed by atoms with Gasteiger partial charge in [0.1, 0.15) is 0 Å². The van der Waals surface area contributed by atoms with Crippen LogP contribution in [-0.4, -0.2) is 21.1 Å². The van der Waals surface area contributed by atoms with Gasteiger partial charge in [-0.15, -0.1) is 0 Å². The monoisotopic (exact) mass is 250 g/mol. The Morgan fingerprint density at radius 1 is 1.59 bits per heavy atom. The number of primary amides is 1. The number of aromatic amines is 1. The molecular formula is C11H14N4OS. The second kappa shape index (κ2) is 4.67. The molecule has 5 N–H and O–H groups in total. The van der Waals surface area contributed by atoms with E-state index in [-0.39, 0.29) is 11.2 Å². The van der Waals surface area contributed by atoms with Crippen molar-refractivity contribution >= 4 is 34.4 Å². The molecule has 1 atom stereocenters. The molecule has 0 aliphatic carbocycles. The largest absolute Gasteiger partial charge is 0.399 e. The number of hydrogen-bond acceptors (Lipinski definition) is 4. The number of anilines is 1. The number of carbonyl (C=O) groups excluding carboxylic acids is 1. The van der Waals surface area contributed by atoms with E-state index in [9.17, 15) is 4.79 Å². The summed E-state index contributed by atoms with van der Waals surface area (Å²) in [5.74, 6) is -0.322. The van der Waals surface area contributed by atoms with Crippen molar-refractivity contribution in [1.82, 2.24) is 9.97 Å². The Hall–Kier alpha value is -1.69. The number of H-pyrrole nitrogens is 1. The third-order valence-corrected chi connectivity index (χ3v) is 3.69. The second-order valence-electron chi connectivity index (χ2n) is 3.74. The SMILES string of the molecule is CCC(Sc1nc2ccc(N)cc2[nH]1)C(N)=O. The van der Waals surface area contributed by atoms with Crippen LogP contribution < -0.4 is 11.5 Å². The highest BCUT2D eigenvalue weighted by Gasteiger charge is 2.16. The summed E-state index contributed by atoms with van der Waals surface area (Å²) < 4.78 is 0. The van der Waals surface area contributed by atoms with Gasteiger partial charge in [-0.05, 0) is 24.6 Å². The molecule has 17 heavy (non-hydrogen) atoms. The standard InChI is InChI=1S/C11H14N4OS/c1-2-9(10(13)16)17-11-14-7-4-3-6(12)5-8(7)15-11/h3-5,9H,2,12H2,1H3,(H2,13,16)(H,14,15). The van der Waals surface area contributed by atoms with Gasteiger partial charge in [0, 0.05) is 5.69 Å². The van der Waals surface area contributed by atoms with E-state index >= 15 is 0 Å². The van der Waals surface area contributed by atoms with E-state index in [1.54, 1.807) is 6.07 Å². The molecule has 0 saturated heterocycles. The fraction of sp³-hybridized carbons (Fsp3) is 0.273. The first-order valence-corrected chi connectivity index (χ1v) is 6.19. The fourth-order valence-electron chi connectivity index (χ4n) is 1.54. The highest BCUT2D eigenvalue weighted by Crippen LogP contribution is 2.25. The maximum absolute atomic E-state index is 11.1. The van der Waals surface area contributed by atoms with Crippen molar-refractivity contribution in [2.75, 3.05) is 5.73 Å². The molecule has 0 aliphatic rings. The molecular weight excluding hydrogens is 236 g/mol. The summed E-state index contributed by atoms with van der Waals surface area (Å²) in [5, 5.41) is 0.434. The van der Waals surface area contributed by atoms with E-state index in [1.165, 1.54) is 11.8 Å². The van der Waals surface area contributed by atoms with Crippen molar-refractivity contribution in [3.63, 3.8) is 0 Å². The fourth-order valence-corrected chi connectivity index (χ4v) is 2.41. The normalized spacial score (nSPS) is 12.8. The number of rotatable bonds is 4. The molecule has 90 valence electrons. The zero-order valence-corrected chi connectivity index (χ0v) is 10.3. The van der Waals surface area contributed by atoms with Gasteiger partial charge in [-0.1, -0.05) is 18.7 Å². The van der Waals surface area contributed by atoms with Gasteiger partial charge in [0.2, 0.25) is 5.91 Å². The van der Waals surface area contributed by atoms with Gasteiger partial charge in [-0.25, -0.2) is 4.98 Å². The van der Waals surface area contributed by atoms with Gasteiger partial charge < -0.3 is 16.5 Å². The Balaban J connectivity index is 2.27. The van der Waals surface area contributed by atoms with Crippen LogP contribution in [0.25, 0.3) is 11.0 Å². The average molecular weight is 250 g/mol. The average Bonchev–Trinajstić information content (AvgIpc) is 2.66. The molecule has 2 rings (SSSR count). The zero-order valence-electron chi connectivity index (χ0n) is 9.43. The summed E-state index contributed by atoms with van der Waals surface area (Å²) in [4.78, 5) is 18.6. The lowest BCUT2D eigenvalue weighted by molar-refractivity contribution is -0.117. The smallest absolute Gasteiger partial charge is 0.231 e. The number of imidazole rings is 1. The van der Waals surface area contributed by atoms with Crippen molar-refractivity contribution < 1.29 is 4.79 Å². The minimum absolute atomic E-state index is 0.257. The predicted molar refractivity (Wildman–Crippen MR) is 69.6 cm³/mol. The summed E-state index contributed by atoms with van der Waals surface area (Å²) >= 11 is 1.35. The molecule has 6 heteroatoms. The number of nitrogens with two attached hydrogens (primary N) is 2. The number of carbonyl (C=O) groups is 1. The molecule has 0 bridgehead atoms. The number of hydrogen-bond donors (Lipinski definition) is 3. The Kier molecular flexibility index (Phi) is 3.23. The molecule has 2 aromatic rings. The van der Waals surface area contributed by atoms with Crippen molar-refractivity contribution in [3.05, 3.63) is 18.2 Å². The first-order chi connectivity index (χ1) is 8.10. The van der Waals surface area contributed by atoms with Gasteiger partial charge in [-0.3, -0.25) is 4.79 Å². The number of thioether (sulfide) groups is 1. The highest BCUT2D eigenvalue weighted by molar-refractivity contribution is 8.00. The van der Waals surface area contributed by atoms with Crippen LogP contribution in [0.15, 0.2) is 23.4 Å². The Labute approximate surface area is 103 Å². The maximum Gasteiger partial charge on any atom is 0.231 e. The third-order valence-electron chi connectivity index (χ3n) is 2.43. The van der Waals surface area contributed by atoms with Crippen LogP contribution in [0.2, 0.25) is 0 Å². The van der Waals surface area contributed by atoms with Gasteiger partial charge in [-0.2, -0.15) is 0 Å². The minimum atomic E-state index is -0.322. The van der Waals surface area contributed by atoms with Crippen LogP contribution in [0.4, 0.5) is 5.69 Å². The molecule has 0 fully saturated rings. The zero-order chi connectivity index (χ0) is 12.4. The number of aromatic nitrogens is 2. The Morgan fingerprint density at radius 2 is 2.35 bits per heavy atom. The van der Waals surface area contributed by atoms with Gasteiger partial charge in [0.15, 0.2) is 5.16 Å². The van der Waals surface area contributed by atoms with E-state index in [2.05, 4.69) is 9.97 Å². The summed E-state index contributed by atoms with van der Waals surface area (Å²) in [6.07, 6.45) is 0.680.